The van der Waals surface area contributed by atoms with Crippen LogP contribution in [0.4, 0.5) is 4.39 Å². The van der Waals surface area contributed by atoms with Crippen molar-refractivity contribution in [3.05, 3.63) is 107 Å². The first-order valence-electron chi connectivity index (χ1n) is 11.5. The lowest BCUT2D eigenvalue weighted by molar-refractivity contribution is -0.121. The molecule has 5 heteroatoms. The topological polar surface area (TPSA) is 49.4 Å². The van der Waals surface area contributed by atoms with Gasteiger partial charge in [-0.05, 0) is 42.0 Å². The molecule has 0 atom stereocenters. The number of hydrogen-bond donors (Lipinski definition) is 1. The van der Waals surface area contributed by atoms with Crippen LogP contribution >= 0.6 is 0 Å². The number of nitrogens with one attached hydrogen (secondary N) is 1. The number of nitrogens with zero attached hydrogens (tertiary/aromatic N) is 1. The van der Waals surface area contributed by atoms with Gasteiger partial charge in [0.25, 0.3) is 5.91 Å². The lowest BCUT2D eigenvalue weighted by Crippen LogP contribution is -2.42. The second-order valence-electron chi connectivity index (χ2n) is 8.60. The molecule has 2 amide bonds. The van der Waals surface area contributed by atoms with Crippen LogP contribution in [0.1, 0.15) is 46.7 Å². The van der Waals surface area contributed by atoms with Crippen molar-refractivity contribution in [2.75, 3.05) is 19.6 Å². The van der Waals surface area contributed by atoms with Crippen molar-refractivity contribution in [3.8, 4) is 0 Å². The van der Waals surface area contributed by atoms with E-state index >= 15 is 0 Å². The van der Waals surface area contributed by atoms with Gasteiger partial charge >= 0.3 is 0 Å². The van der Waals surface area contributed by atoms with Crippen molar-refractivity contribution in [2.45, 2.75) is 25.2 Å². The number of halogens is 1. The Morgan fingerprint density at radius 3 is 1.97 bits per heavy atom. The number of piperidine rings is 1. The van der Waals surface area contributed by atoms with Gasteiger partial charge in [0.1, 0.15) is 5.82 Å². The summed E-state index contributed by atoms with van der Waals surface area (Å²) in [6.07, 6.45) is 1.97. The first kappa shape index (κ1) is 22.7. The minimum atomic E-state index is -0.483. The lowest BCUT2D eigenvalue weighted by Gasteiger charge is -2.32. The van der Waals surface area contributed by atoms with Crippen LogP contribution in [-0.2, 0) is 4.79 Å². The molecule has 4 nitrogen and oxygen atoms in total. The van der Waals surface area contributed by atoms with E-state index in [1.807, 2.05) is 36.4 Å². The molecule has 1 fully saturated rings. The Bertz CT molecular complexity index is 1020. The van der Waals surface area contributed by atoms with Crippen LogP contribution in [0.3, 0.4) is 0 Å². The van der Waals surface area contributed by atoms with Crippen molar-refractivity contribution in [1.82, 2.24) is 10.2 Å². The molecule has 0 radical (unpaired) electrons. The van der Waals surface area contributed by atoms with Gasteiger partial charge in [0.05, 0.1) is 5.56 Å². The minimum absolute atomic E-state index is 0.00707. The molecule has 1 aliphatic heterocycles. The summed E-state index contributed by atoms with van der Waals surface area (Å²) in [4.78, 5) is 27.1. The molecule has 170 valence electrons. The second-order valence-corrected chi connectivity index (χ2v) is 8.60. The van der Waals surface area contributed by atoms with E-state index in [2.05, 4.69) is 29.6 Å². The summed E-state index contributed by atoms with van der Waals surface area (Å²) in [7, 11) is 0. The van der Waals surface area contributed by atoms with Crippen molar-refractivity contribution >= 4 is 11.8 Å². The maximum absolute atomic E-state index is 13.9. The number of hydrogen-bond acceptors (Lipinski definition) is 2. The van der Waals surface area contributed by atoms with Gasteiger partial charge in [-0.25, -0.2) is 4.39 Å². The van der Waals surface area contributed by atoms with Gasteiger partial charge in [-0.15, -0.1) is 0 Å². The Balaban J connectivity index is 1.29. The number of amides is 2. The summed E-state index contributed by atoms with van der Waals surface area (Å²) in [6.45, 7) is 1.74. The fourth-order valence-corrected chi connectivity index (χ4v) is 4.46. The standard InChI is InChI=1S/C28H29FN2O2/c29-26-14-8-7-13-24(26)28(33)31-17-15-21(16-18-31)20-30-27(32)19-25(22-9-3-1-4-10-22)23-11-5-2-6-12-23/h1-14,21,25H,15-20H2,(H,30,32). The van der Waals surface area contributed by atoms with Gasteiger partial charge in [0.15, 0.2) is 0 Å². The molecule has 1 saturated heterocycles. The van der Waals surface area contributed by atoms with Crippen LogP contribution in [0.5, 0.6) is 0 Å². The van der Waals surface area contributed by atoms with E-state index in [1.54, 1.807) is 17.0 Å². The third-order valence-electron chi connectivity index (χ3n) is 6.39. The number of benzene rings is 3. The highest BCUT2D eigenvalue weighted by Gasteiger charge is 2.26. The van der Waals surface area contributed by atoms with Crippen LogP contribution in [0.2, 0.25) is 0 Å². The molecule has 0 aliphatic carbocycles. The Kier molecular flexibility index (Phi) is 7.51. The van der Waals surface area contributed by atoms with Crippen LogP contribution in [0, 0.1) is 11.7 Å². The average Bonchev–Trinajstić information content (AvgIpc) is 2.87. The molecule has 0 saturated carbocycles. The molecule has 33 heavy (non-hydrogen) atoms. The number of carbonyl (C=O) groups excluding carboxylic acids is 2. The zero-order chi connectivity index (χ0) is 23.0. The summed E-state index contributed by atoms with van der Waals surface area (Å²) in [5, 5.41) is 3.10. The molecule has 3 aromatic rings. The third kappa shape index (κ3) is 5.86. The summed E-state index contributed by atoms with van der Waals surface area (Å²) < 4.78 is 13.9. The van der Waals surface area contributed by atoms with Gasteiger partial charge < -0.3 is 10.2 Å². The van der Waals surface area contributed by atoms with Crippen LogP contribution in [-0.4, -0.2) is 36.3 Å². The number of rotatable bonds is 7. The quantitative estimate of drug-likeness (QED) is 0.557. The van der Waals surface area contributed by atoms with E-state index in [0.717, 1.165) is 24.0 Å². The average molecular weight is 445 g/mol. The summed E-state index contributed by atoms with van der Waals surface area (Å²) >= 11 is 0. The fraction of sp³-hybridized carbons (Fsp3) is 0.286. The van der Waals surface area contributed by atoms with E-state index in [9.17, 15) is 14.0 Å². The monoisotopic (exact) mass is 444 g/mol. The molecule has 0 bridgehead atoms. The zero-order valence-electron chi connectivity index (χ0n) is 18.6. The molecular weight excluding hydrogens is 415 g/mol. The molecule has 1 aliphatic rings. The zero-order valence-corrected chi connectivity index (χ0v) is 18.6. The van der Waals surface area contributed by atoms with E-state index in [1.165, 1.54) is 12.1 Å². The molecule has 3 aromatic carbocycles. The highest BCUT2D eigenvalue weighted by molar-refractivity contribution is 5.94. The third-order valence-corrected chi connectivity index (χ3v) is 6.39. The Hall–Kier alpha value is -3.47. The molecular formula is C28H29FN2O2. The molecule has 1 N–H and O–H groups in total. The van der Waals surface area contributed by atoms with Crippen molar-refractivity contribution in [2.24, 2.45) is 5.92 Å². The predicted octanol–water partition coefficient (Wildman–Crippen LogP) is 5.02. The Morgan fingerprint density at radius 1 is 0.848 bits per heavy atom. The SMILES string of the molecule is O=C(CC(c1ccccc1)c1ccccc1)NCC1CCN(C(=O)c2ccccc2F)CC1. The first-order valence-corrected chi connectivity index (χ1v) is 11.5. The summed E-state index contributed by atoms with van der Waals surface area (Å²) in [5.41, 5.74) is 2.37. The maximum atomic E-state index is 13.9. The van der Waals surface area contributed by atoms with Crippen molar-refractivity contribution in [1.29, 1.82) is 0 Å². The predicted molar refractivity (Wildman–Crippen MR) is 127 cm³/mol. The normalized spacial score (nSPS) is 14.3. The second kappa shape index (κ2) is 10.9. The first-order chi connectivity index (χ1) is 16.1. The van der Waals surface area contributed by atoms with Crippen LogP contribution < -0.4 is 5.32 Å². The number of carbonyl (C=O) groups is 2. The van der Waals surface area contributed by atoms with E-state index in [4.69, 9.17) is 0 Å². The molecule has 0 aromatic heterocycles. The van der Waals surface area contributed by atoms with Gasteiger partial charge in [-0.2, -0.15) is 0 Å². The number of likely N-dealkylation sites (tertiary alicyclic amines) is 1. The highest BCUT2D eigenvalue weighted by Crippen LogP contribution is 2.28. The van der Waals surface area contributed by atoms with Gasteiger partial charge in [-0.3, -0.25) is 9.59 Å². The molecule has 1 heterocycles. The largest absolute Gasteiger partial charge is 0.356 e. The Morgan fingerprint density at radius 2 is 1.39 bits per heavy atom. The lowest BCUT2D eigenvalue weighted by atomic mass is 9.88. The van der Waals surface area contributed by atoms with E-state index < -0.39 is 5.82 Å². The van der Waals surface area contributed by atoms with Crippen LogP contribution in [0.15, 0.2) is 84.9 Å². The van der Waals surface area contributed by atoms with Crippen molar-refractivity contribution in [3.63, 3.8) is 0 Å². The van der Waals surface area contributed by atoms with Crippen molar-refractivity contribution < 1.29 is 14.0 Å². The summed E-state index contributed by atoms with van der Waals surface area (Å²) in [6, 6.07) is 26.3. The minimum Gasteiger partial charge on any atom is -0.356 e. The van der Waals surface area contributed by atoms with E-state index in [-0.39, 0.29) is 23.3 Å². The van der Waals surface area contributed by atoms with Gasteiger partial charge in [0, 0.05) is 32.0 Å². The maximum Gasteiger partial charge on any atom is 0.256 e. The summed E-state index contributed by atoms with van der Waals surface area (Å²) in [5.74, 6) is -0.400. The van der Waals surface area contributed by atoms with Gasteiger partial charge in [-0.1, -0.05) is 72.8 Å². The van der Waals surface area contributed by atoms with Gasteiger partial charge in [0.2, 0.25) is 5.91 Å². The highest BCUT2D eigenvalue weighted by atomic mass is 19.1. The Labute approximate surface area is 194 Å². The smallest absolute Gasteiger partial charge is 0.256 e. The molecule has 4 rings (SSSR count). The molecule has 0 unspecified atom stereocenters. The van der Waals surface area contributed by atoms with Crippen LogP contribution in [0.25, 0.3) is 0 Å². The molecule has 0 spiro atoms. The fourth-order valence-electron chi connectivity index (χ4n) is 4.46. The van der Waals surface area contributed by atoms with E-state index in [0.29, 0.717) is 32.0 Å².